The van der Waals surface area contributed by atoms with Crippen LogP contribution in [-0.2, 0) is 11.3 Å². The van der Waals surface area contributed by atoms with Crippen LogP contribution in [-0.4, -0.2) is 66.4 Å². The summed E-state index contributed by atoms with van der Waals surface area (Å²) in [6.45, 7) is 9.71. The molecule has 1 fully saturated rings. The zero-order valence-corrected chi connectivity index (χ0v) is 13.8. The van der Waals surface area contributed by atoms with E-state index in [1.165, 1.54) is 0 Å². The van der Waals surface area contributed by atoms with Crippen molar-refractivity contribution in [2.45, 2.75) is 39.5 Å². The predicted octanol–water partition coefficient (Wildman–Crippen LogP) is 1.23. The van der Waals surface area contributed by atoms with Gasteiger partial charge in [-0.2, -0.15) is 0 Å². The molecule has 0 bridgehead atoms. The van der Waals surface area contributed by atoms with Crippen LogP contribution in [0.1, 0.15) is 25.3 Å². The third-order valence-corrected chi connectivity index (χ3v) is 3.62. The molecule has 0 saturated carbocycles. The van der Waals surface area contributed by atoms with Gasteiger partial charge in [0.15, 0.2) is 0 Å². The average molecular weight is 310 g/mol. The summed E-state index contributed by atoms with van der Waals surface area (Å²) < 4.78 is 10.7. The van der Waals surface area contributed by atoms with Gasteiger partial charge in [0.2, 0.25) is 0 Å². The first-order chi connectivity index (χ1) is 10.4. The van der Waals surface area contributed by atoms with Gasteiger partial charge in [0.1, 0.15) is 11.5 Å². The molecule has 1 aliphatic heterocycles. The average Bonchev–Trinajstić information content (AvgIpc) is 2.82. The Hall–Kier alpha value is -1.60. The van der Waals surface area contributed by atoms with Crippen LogP contribution in [0.15, 0.2) is 10.6 Å². The van der Waals surface area contributed by atoms with Crippen molar-refractivity contribution in [1.29, 1.82) is 0 Å². The fourth-order valence-electron chi connectivity index (χ4n) is 2.73. The van der Waals surface area contributed by atoms with Gasteiger partial charge in [-0.15, -0.1) is 0 Å². The van der Waals surface area contributed by atoms with Crippen LogP contribution < -0.4 is 5.32 Å². The number of hydrogen-bond donors (Lipinski definition) is 1. The highest BCUT2D eigenvalue weighted by Crippen LogP contribution is 2.09. The molecule has 0 spiro atoms. The molecule has 1 aromatic rings. The summed E-state index contributed by atoms with van der Waals surface area (Å²) >= 11 is 0. The van der Waals surface area contributed by atoms with Gasteiger partial charge in [-0.3, -0.25) is 4.90 Å². The highest BCUT2D eigenvalue weighted by molar-refractivity contribution is 5.73. The van der Waals surface area contributed by atoms with Crippen LogP contribution in [0.3, 0.4) is 0 Å². The number of hydrogen-bond acceptors (Lipinski definition) is 5. The fraction of sp³-hybridized carbons (Fsp3) is 0.733. The highest BCUT2D eigenvalue weighted by Gasteiger charge is 2.21. The predicted molar refractivity (Wildman–Crippen MR) is 82.6 cm³/mol. The molecule has 2 amide bonds. The zero-order valence-electron chi connectivity index (χ0n) is 13.8. The van der Waals surface area contributed by atoms with E-state index in [0.717, 1.165) is 31.1 Å². The summed E-state index contributed by atoms with van der Waals surface area (Å²) in [5, 5.41) is 6.82. The van der Waals surface area contributed by atoms with Crippen molar-refractivity contribution in [3.63, 3.8) is 0 Å². The van der Waals surface area contributed by atoms with Crippen LogP contribution in [0.2, 0.25) is 0 Å². The Kier molecular flexibility index (Phi) is 5.79. The quantitative estimate of drug-likeness (QED) is 0.886. The first-order valence-electron chi connectivity index (χ1n) is 7.73. The minimum Gasteiger partial charge on any atom is -0.373 e. The van der Waals surface area contributed by atoms with E-state index in [0.29, 0.717) is 13.1 Å². The Morgan fingerprint density at radius 2 is 2.14 bits per heavy atom. The van der Waals surface area contributed by atoms with Gasteiger partial charge in [0.05, 0.1) is 18.8 Å². The second kappa shape index (κ2) is 7.60. The first kappa shape index (κ1) is 16.8. The molecule has 0 radical (unpaired) electrons. The Morgan fingerprint density at radius 1 is 1.45 bits per heavy atom. The van der Waals surface area contributed by atoms with Crippen molar-refractivity contribution >= 4 is 6.03 Å². The van der Waals surface area contributed by atoms with Crippen molar-refractivity contribution in [1.82, 2.24) is 20.3 Å². The minimum absolute atomic E-state index is 0.102. The lowest BCUT2D eigenvalue weighted by Crippen LogP contribution is -2.48. The minimum atomic E-state index is -0.102. The van der Waals surface area contributed by atoms with E-state index in [1.54, 1.807) is 11.9 Å². The molecule has 124 valence electrons. The number of carbonyl (C=O) groups is 1. The van der Waals surface area contributed by atoms with Gasteiger partial charge in [-0.05, 0) is 20.8 Å². The molecule has 1 N–H and O–H groups in total. The molecule has 1 aromatic heterocycles. The number of rotatable bonds is 5. The van der Waals surface area contributed by atoms with Crippen molar-refractivity contribution in [3.05, 3.63) is 17.5 Å². The number of nitrogens with zero attached hydrogens (tertiary/aromatic N) is 3. The summed E-state index contributed by atoms with van der Waals surface area (Å²) in [7, 11) is 1.75. The topological polar surface area (TPSA) is 70.8 Å². The summed E-state index contributed by atoms with van der Waals surface area (Å²) in [5.41, 5.74) is 0.756. The molecule has 2 rings (SSSR count). The normalized spacial score (nSPS) is 22.5. The van der Waals surface area contributed by atoms with E-state index in [-0.39, 0.29) is 18.2 Å². The maximum Gasteiger partial charge on any atom is 0.317 e. The molecule has 1 saturated heterocycles. The lowest BCUT2D eigenvalue weighted by atomic mass is 10.2. The maximum atomic E-state index is 12.0. The molecular formula is C15H26N4O3. The number of carbonyl (C=O) groups excluding carboxylic acids is 1. The van der Waals surface area contributed by atoms with E-state index >= 15 is 0 Å². The largest absolute Gasteiger partial charge is 0.373 e. The third-order valence-electron chi connectivity index (χ3n) is 3.62. The number of amides is 2. The Morgan fingerprint density at radius 3 is 2.73 bits per heavy atom. The van der Waals surface area contributed by atoms with Crippen molar-refractivity contribution in [2.75, 3.05) is 33.2 Å². The van der Waals surface area contributed by atoms with Gasteiger partial charge in [-0.25, -0.2) is 4.79 Å². The van der Waals surface area contributed by atoms with Gasteiger partial charge >= 0.3 is 6.03 Å². The van der Waals surface area contributed by atoms with Gasteiger partial charge < -0.3 is 19.5 Å². The maximum absolute atomic E-state index is 12.0. The molecule has 0 aromatic carbocycles. The highest BCUT2D eigenvalue weighted by atomic mass is 16.5. The van der Waals surface area contributed by atoms with Gasteiger partial charge in [0, 0.05) is 39.3 Å². The molecule has 2 heterocycles. The molecule has 7 nitrogen and oxygen atoms in total. The van der Waals surface area contributed by atoms with Crippen molar-refractivity contribution in [3.8, 4) is 0 Å². The van der Waals surface area contributed by atoms with E-state index in [2.05, 4.69) is 29.2 Å². The number of ether oxygens (including phenoxy) is 1. The Bertz CT molecular complexity index is 481. The number of aromatic nitrogens is 1. The lowest BCUT2D eigenvalue weighted by molar-refractivity contribution is -0.0672. The monoisotopic (exact) mass is 310 g/mol. The second-order valence-corrected chi connectivity index (χ2v) is 6.03. The SMILES string of the molecule is Cc1cc(CN(C)C(=O)NCCN2C[C@@H](C)O[C@H](C)C2)no1. The second-order valence-electron chi connectivity index (χ2n) is 6.03. The number of nitrogens with one attached hydrogen (secondary N) is 1. The number of urea groups is 1. The zero-order chi connectivity index (χ0) is 16.1. The molecule has 22 heavy (non-hydrogen) atoms. The lowest BCUT2D eigenvalue weighted by Gasteiger charge is -2.35. The third kappa shape index (κ3) is 4.99. The number of aryl methyl sites for hydroxylation is 1. The van der Waals surface area contributed by atoms with Crippen molar-refractivity contribution < 1.29 is 14.1 Å². The van der Waals surface area contributed by atoms with Crippen LogP contribution in [0.4, 0.5) is 4.79 Å². The molecule has 2 atom stereocenters. The molecular weight excluding hydrogens is 284 g/mol. The molecule has 7 heteroatoms. The summed E-state index contributed by atoms with van der Waals surface area (Å²) in [5.74, 6) is 0.749. The van der Waals surface area contributed by atoms with E-state index in [1.807, 2.05) is 13.0 Å². The van der Waals surface area contributed by atoms with Crippen LogP contribution in [0.5, 0.6) is 0 Å². The van der Waals surface area contributed by atoms with E-state index < -0.39 is 0 Å². The Labute approximate surface area is 131 Å². The standard InChI is InChI=1S/C15H26N4O3/c1-11-7-14(17-22-11)10-18(4)15(20)16-5-6-19-8-12(2)21-13(3)9-19/h7,12-13H,5-6,8-10H2,1-4H3,(H,16,20)/t12-,13-/m1/s1. The molecule has 0 unspecified atom stereocenters. The Balaban J connectivity index is 1.68. The molecule has 1 aliphatic rings. The van der Waals surface area contributed by atoms with Crippen LogP contribution >= 0.6 is 0 Å². The summed E-state index contributed by atoms with van der Waals surface area (Å²) in [6, 6.07) is 1.73. The van der Waals surface area contributed by atoms with Crippen LogP contribution in [0, 0.1) is 6.92 Å². The van der Waals surface area contributed by atoms with E-state index in [4.69, 9.17) is 9.26 Å². The van der Waals surface area contributed by atoms with E-state index in [9.17, 15) is 4.79 Å². The smallest absolute Gasteiger partial charge is 0.317 e. The van der Waals surface area contributed by atoms with Crippen LogP contribution in [0.25, 0.3) is 0 Å². The summed E-state index contributed by atoms with van der Waals surface area (Å²) in [4.78, 5) is 16.0. The summed E-state index contributed by atoms with van der Waals surface area (Å²) in [6.07, 6.45) is 0.495. The van der Waals surface area contributed by atoms with Gasteiger partial charge in [-0.1, -0.05) is 5.16 Å². The van der Waals surface area contributed by atoms with Gasteiger partial charge in [0.25, 0.3) is 0 Å². The fourth-order valence-corrected chi connectivity index (χ4v) is 2.73. The van der Waals surface area contributed by atoms with Crippen molar-refractivity contribution in [2.24, 2.45) is 0 Å². The molecule has 0 aliphatic carbocycles. The number of morpholine rings is 1. The first-order valence-corrected chi connectivity index (χ1v) is 7.73.